The lowest BCUT2D eigenvalue weighted by Crippen LogP contribution is -2.23. The van der Waals surface area contributed by atoms with E-state index in [1.807, 2.05) is 0 Å². The number of hydrogen-bond donors (Lipinski definition) is 0. The van der Waals surface area contributed by atoms with Gasteiger partial charge in [0.25, 0.3) is 0 Å². The number of benzene rings is 2. The van der Waals surface area contributed by atoms with Crippen LogP contribution in [-0.4, -0.2) is 30.6 Å². The first-order chi connectivity index (χ1) is 12.8. The molecule has 1 aliphatic carbocycles. The van der Waals surface area contributed by atoms with Crippen LogP contribution in [0.2, 0.25) is 0 Å². The second-order valence-corrected chi connectivity index (χ2v) is 5.93. The molecule has 0 atom stereocenters. The van der Waals surface area contributed by atoms with Crippen molar-refractivity contribution in [2.45, 2.75) is 20.5 Å². The molecule has 0 saturated carbocycles. The van der Waals surface area contributed by atoms with Crippen molar-refractivity contribution in [3.63, 3.8) is 0 Å². The second-order valence-electron chi connectivity index (χ2n) is 5.93. The predicted molar refractivity (Wildman–Crippen MR) is 93.1 cm³/mol. The van der Waals surface area contributed by atoms with E-state index < -0.39 is 23.5 Å². The Kier molecular flexibility index (Phi) is 4.77. The van der Waals surface area contributed by atoms with Crippen LogP contribution in [0.5, 0.6) is 11.5 Å². The zero-order valence-electron chi connectivity index (χ0n) is 15.0. The van der Waals surface area contributed by atoms with Gasteiger partial charge in [-0.2, -0.15) is 0 Å². The normalized spacial score (nSPS) is 12.1. The number of carbonyl (C=O) groups excluding carboxylic acids is 4. The Morgan fingerprint density at radius 3 is 2.22 bits per heavy atom. The Labute approximate surface area is 154 Å². The van der Waals surface area contributed by atoms with Crippen LogP contribution in [0.25, 0.3) is 0 Å². The predicted octanol–water partition coefficient (Wildman–Crippen LogP) is 2.46. The molecule has 7 heteroatoms. The fraction of sp³-hybridized carbons (Fsp3) is 0.200. The van der Waals surface area contributed by atoms with Crippen molar-refractivity contribution in [3.05, 3.63) is 58.1 Å². The topological polar surface area (TPSA) is 96.0 Å². The van der Waals surface area contributed by atoms with Gasteiger partial charge in [-0.15, -0.1) is 0 Å². The molecule has 2 aromatic carbocycles. The van der Waals surface area contributed by atoms with E-state index in [0.29, 0.717) is 5.56 Å². The van der Waals surface area contributed by atoms with Crippen molar-refractivity contribution in [1.29, 1.82) is 0 Å². The van der Waals surface area contributed by atoms with Crippen molar-refractivity contribution in [3.8, 4) is 11.5 Å². The van der Waals surface area contributed by atoms with Crippen LogP contribution >= 0.6 is 0 Å². The highest BCUT2D eigenvalue weighted by Crippen LogP contribution is 2.38. The number of esters is 2. The minimum Gasteiger partial charge on any atom is -0.496 e. The van der Waals surface area contributed by atoms with Crippen LogP contribution in [0.15, 0.2) is 30.3 Å². The van der Waals surface area contributed by atoms with Gasteiger partial charge in [0.15, 0.2) is 5.78 Å². The maximum absolute atomic E-state index is 13.1. The Morgan fingerprint density at radius 1 is 0.889 bits per heavy atom. The zero-order valence-corrected chi connectivity index (χ0v) is 15.0. The van der Waals surface area contributed by atoms with Gasteiger partial charge in [0.1, 0.15) is 18.1 Å². The third-order valence-electron chi connectivity index (χ3n) is 4.05. The molecule has 0 bridgehead atoms. The molecule has 0 heterocycles. The molecule has 0 unspecified atom stereocenters. The average Bonchev–Trinajstić information content (AvgIpc) is 2.62. The van der Waals surface area contributed by atoms with E-state index in [9.17, 15) is 19.2 Å². The molecule has 27 heavy (non-hydrogen) atoms. The molecule has 0 aromatic heterocycles. The van der Waals surface area contributed by atoms with E-state index in [1.165, 1.54) is 39.2 Å². The Bertz CT molecular complexity index is 988. The zero-order chi connectivity index (χ0) is 19.7. The third kappa shape index (κ3) is 3.31. The highest BCUT2D eigenvalue weighted by Gasteiger charge is 2.35. The van der Waals surface area contributed by atoms with Crippen LogP contribution in [0, 0.1) is 0 Å². The summed E-state index contributed by atoms with van der Waals surface area (Å²) in [4.78, 5) is 48.7. The Hall–Kier alpha value is -3.48. The van der Waals surface area contributed by atoms with E-state index in [1.54, 1.807) is 12.1 Å². The van der Waals surface area contributed by atoms with Crippen LogP contribution in [0.4, 0.5) is 0 Å². The molecule has 1 aliphatic rings. The molecule has 0 fully saturated rings. The fourth-order valence-corrected chi connectivity index (χ4v) is 2.98. The lowest BCUT2D eigenvalue weighted by Gasteiger charge is -2.22. The molecule has 3 rings (SSSR count). The van der Waals surface area contributed by atoms with Crippen LogP contribution in [0.3, 0.4) is 0 Å². The summed E-state index contributed by atoms with van der Waals surface area (Å²) in [7, 11) is 1.40. The van der Waals surface area contributed by atoms with Gasteiger partial charge in [0, 0.05) is 25.0 Å². The van der Waals surface area contributed by atoms with Crippen LogP contribution in [0.1, 0.15) is 51.3 Å². The minimum absolute atomic E-state index is 0.0150. The second kappa shape index (κ2) is 7.03. The van der Waals surface area contributed by atoms with Gasteiger partial charge in [0.2, 0.25) is 5.78 Å². The lowest BCUT2D eigenvalue weighted by molar-refractivity contribution is -0.142. The van der Waals surface area contributed by atoms with Crippen molar-refractivity contribution in [2.75, 3.05) is 7.11 Å². The summed E-state index contributed by atoms with van der Waals surface area (Å²) in [5.41, 5.74) is 0.817. The monoisotopic (exact) mass is 368 g/mol. The summed E-state index contributed by atoms with van der Waals surface area (Å²) >= 11 is 0. The van der Waals surface area contributed by atoms with E-state index in [-0.39, 0.29) is 40.4 Å². The maximum Gasteiger partial charge on any atom is 0.308 e. The van der Waals surface area contributed by atoms with E-state index in [2.05, 4.69) is 0 Å². The molecule has 0 N–H and O–H groups in total. The molecule has 0 amide bonds. The molecule has 0 spiro atoms. The number of ether oxygens (including phenoxy) is 3. The average molecular weight is 368 g/mol. The maximum atomic E-state index is 13.1. The molecule has 0 saturated heterocycles. The number of hydrogen-bond acceptors (Lipinski definition) is 7. The van der Waals surface area contributed by atoms with Crippen molar-refractivity contribution in [2.24, 2.45) is 0 Å². The first-order valence-corrected chi connectivity index (χ1v) is 8.08. The first-order valence-electron chi connectivity index (χ1n) is 8.08. The SMILES string of the molecule is COc1cccc2c1C(=O)c1c(OC(C)=O)cc(COC(C)=O)cc1C2=O. The molecule has 0 aliphatic heterocycles. The van der Waals surface area contributed by atoms with Gasteiger partial charge in [-0.05, 0) is 23.8 Å². The number of carbonyl (C=O) groups is 4. The number of fused-ring (bicyclic) bond motifs is 2. The molecule has 7 nitrogen and oxygen atoms in total. The molecule has 0 radical (unpaired) electrons. The highest BCUT2D eigenvalue weighted by molar-refractivity contribution is 6.30. The Balaban J connectivity index is 2.21. The van der Waals surface area contributed by atoms with Gasteiger partial charge in [-0.1, -0.05) is 12.1 Å². The molecular weight excluding hydrogens is 352 g/mol. The van der Waals surface area contributed by atoms with Crippen molar-refractivity contribution >= 4 is 23.5 Å². The van der Waals surface area contributed by atoms with E-state index in [4.69, 9.17) is 14.2 Å². The molecule has 138 valence electrons. The number of rotatable bonds is 4. The van der Waals surface area contributed by atoms with Gasteiger partial charge in [0.05, 0.1) is 18.2 Å². The van der Waals surface area contributed by atoms with Crippen molar-refractivity contribution in [1.82, 2.24) is 0 Å². The van der Waals surface area contributed by atoms with E-state index in [0.717, 1.165) is 0 Å². The van der Waals surface area contributed by atoms with Crippen molar-refractivity contribution < 1.29 is 33.4 Å². The van der Waals surface area contributed by atoms with Crippen LogP contribution in [-0.2, 0) is 20.9 Å². The van der Waals surface area contributed by atoms with Gasteiger partial charge in [-0.25, -0.2) is 0 Å². The van der Waals surface area contributed by atoms with Gasteiger partial charge < -0.3 is 14.2 Å². The summed E-state index contributed by atoms with van der Waals surface area (Å²) in [5, 5.41) is 0. The van der Waals surface area contributed by atoms with Crippen LogP contribution < -0.4 is 9.47 Å². The number of ketones is 2. The van der Waals surface area contributed by atoms with E-state index >= 15 is 0 Å². The quantitative estimate of drug-likeness (QED) is 0.515. The minimum atomic E-state index is -0.645. The molecular formula is C20H16O7. The third-order valence-corrected chi connectivity index (χ3v) is 4.05. The van der Waals surface area contributed by atoms with Gasteiger partial charge >= 0.3 is 11.9 Å². The summed E-state index contributed by atoms with van der Waals surface area (Å²) in [5.74, 6) is -1.83. The highest BCUT2D eigenvalue weighted by atomic mass is 16.5. The standard InChI is InChI=1S/C20H16O7/c1-10(21)26-9-12-7-14-18(16(8-12)27-11(2)22)20(24)17-13(19(14)23)5-4-6-15(17)25-3/h4-8H,9H2,1-3H3. The Morgan fingerprint density at radius 2 is 1.59 bits per heavy atom. The summed E-state index contributed by atoms with van der Waals surface area (Å²) in [6, 6.07) is 7.60. The largest absolute Gasteiger partial charge is 0.496 e. The lowest BCUT2D eigenvalue weighted by atomic mass is 9.82. The smallest absolute Gasteiger partial charge is 0.308 e. The van der Waals surface area contributed by atoms with Gasteiger partial charge in [-0.3, -0.25) is 19.2 Å². The number of methoxy groups -OCH3 is 1. The fourth-order valence-electron chi connectivity index (χ4n) is 2.98. The first kappa shape index (κ1) is 18.3. The summed E-state index contributed by atoms with van der Waals surface area (Å²) in [6.07, 6.45) is 0. The molecule has 2 aromatic rings. The summed E-state index contributed by atoms with van der Waals surface area (Å²) < 4.78 is 15.3. The summed E-state index contributed by atoms with van der Waals surface area (Å²) in [6.45, 7) is 2.32.